The minimum atomic E-state index is -1.33. The minimum Gasteiger partial charge on any atom is -0.458 e. The van der Waals surface area contributed by atoms with Gasteiger partial charge in [-0.1, -0.05) is 0 Å². The lowest BCUT2D eigenvalue weighted by Crippen LogP contribution is -2.28. The summed E-state index contributed by atoms with van der Waals surface area (Å²) in [5, 5.41) is 7.87. The molecule has 0 amide bonds. The van der Waals surface area contributed by atoms with Crippen molar-refractivity contribution in [1.82, 2.24) is 4.98 Å². The van der Waals surface area contributed by atoms with E-state index in [4.69, 9.17) is 4.74 Å². The highest BCUT2D eigenvalue weighted by Crippen LogP contribution is 2.25. The van der Waals surface area contributed by atoms with Gasteiger partial charge in [0.25, 0.3) is 0 Å². The predicted octanol–water partition coefficient (Wildman–Crippen LogP) is 3.99. The van der Waals surface area contributed by atoms with Crippen LogP contribution in [0.15, 0.2) is 22.4 Å². The highest BCUT2D eigenvalue weighted by Gasteiger charge is 2.30. The molecular formula is C15H21F2N3O2. The van der Waals surface area contributed by atoms with Crippen molar-refractivity contribution >= 4 is 5.97 Å². The minimum absolute atomic E-state index is 0.177. The van der Waals surface area contributed by atoms with E-state index in [0.29, 0.717) is 0 Å². The Balaban J connectivity index is 3.22. The average Bonchev–Trinajstić information content (AvgIpc) is 2.27. The average molecular weight is 313 g/mol. The summed E-state index contributed by atoms with van der Waals surface area (Å²) < 4.78 is 32.0. The van der Waals surface area contributed by atoms with E-state index in [9.17, 15) is 13.6 Å². The lowest BCUT2D eigenvalue weighted by molar-refractivity contribution is -0.156. The summed E-state index contributed by atoms with van der Waals surface area (Å²) in [6.45, 7) is 10.4. The zero-order valence-corrected chi connectivity index (χ0v) is 13.6. The SMILES string of the molecule is CC(C)(C)N=NC(C(=O)OC(C)(C)C)c1ccc(F)nc1F. The number of carbonyl (C=O) groups excluding carboxylic acids is 1. The molecule has 0 fully saturated rings. The van der Waals surface area contributed by atoms with Crippen LogP contribution in [0.2, 0.25) is 0 Å². The van der Waals surface area contributed by atoms with Gasteiger partial charge in [-0.25, -0.2) is 4.79 Å². The highest BCUT2D eigenvalue weighted by molar-refractivity contribution is 5.78. The number of carbonyl (C=O) groups is 1. The van der Waals surface area contributed by atoms with Gasteiger partial charge in [0, 0.05) is 5.56 Å². The van der Waals surface area contributed by atoms with Crippen molar-refractivity contribution in [2.24, 2.45) is 10.2 Å². The number of azo groups is 1. The summed E-state index contributed by atoms with van der Waals surface area (Å²) in [4.78, 5) is 15.3. The Morgan fingerprint density at radius 3 is 2.23 bits per heavy atom. The second-order valence-corrected chi connectivity index (χ2v) is 6.84. The number of hydrogen-bond acceptors (Lipinski definition) is 5. The van der Waals surface area contributed by atoms with Crippen LogP contribution >= 0.6 is 0 Å². The Bertz CT molecular complexity index is 575. The fraction of sp³-hybridized carbons (Fsp3) is 0.600. The smallest absolute Gasteiger partial charge is 0.338 e. The number of aromatic nitrogens is 1. The topological polar surface area (TPSA) is 63.9 Å². The first-order valence-corrected chi connectivity index (χ1v) is 6.86. The van der Waals surface area contributed by atoms with Gasteiger partial charge in [-0.05, 0) is 53.7 Å². The van der Waals surface area contributed by atoms with Crippen LogP contribution in [0.25, 0.3) is 0 Å². The number of rotatable bonds is 3. The molecule has 0 spiro atoms. The lowest BCUT2D eigenvalue weighted by atomic mass is 10.1. The first kappa shape index (κ1) is 18.1. The summed E-state index contributed by atoms with van der Waals surface area (Å²) in [5.41, 5.74) is -1.50. The molecule has 1 unspecified atom stereocenters. The summed E-state index contributed by atoms with van der Waals surface area (Å²) >= 11 is 0. The van der Waals surface area contributed by atoms with Crippen LogP contribution in [0.4, 0.5) is 8.78 Å². The summed E-state index contributed by atoms with van der Waals surface area (Å²) in [6, 6.07) is 0.752. The van der Waals surface area contributed by atoms with Gasteiger partial charge in [0.05, 0.1) is 5.54 Å². The van der Waals surface area contributed by atoms with Crippen molar-refractivity contribution < 1.29 is 18.3 Å². The maximum Gasteiger partial charge on any atom is 0.338 e. The van der Waals surface area contributed by atoms with Crippen molar-refractivity contribution in [1.29, 1.82) is 0 Å². The molecule has 5 nitrogen and oxygen atoms in total. The first-order chi connectivity index (χ1) is 9.89. The van der Waals surface area contributed by atoms with Gasteiger partial charge in [0.2, 0.25) is 11.9 Å². The molecule has 22 heavy (non-hydrogen) atoms. The molecule has 0 saturated heterocycles. The van der Waals surface area contributed by atoms with Gasteiger partial charge < -0.3 is 4.74 Å². The van der Waals surface area contributed by atoms with Gasteiger partial charge in [0.1, 0.15) is 5.60 Å². The summed E-state index contributed by atoms with van der Waals surface area (Å²) in [5.74, 6) is -2.85. The maximum absolute atomic E-state index is 13.9. The molecule has 0 N–H and O–H groups in total. The third kappa shape index (κ3) is 5.83. The Labute approximate surface area is 128 Å². The number of ether oxygens (including phenoxy) is 1. The molecule has 0 aliphatic heterocycles. The normalized spacial score (nSPS) is 14.2. The van der Waals surface area contributed by atoms with Crippen LogP contribution in [0, 0.1) is 11.9 Å². The molecule has 0 radical (unpaired) electrons. The molecule has 1 heterocycles. The Hall–Kier alpha value is -1.92. The van der Waals surface area contributed by atoms with E-state index in [1.54, 1.807) is 41.5 Å². The largest absolute Gasteiger partial charge is 0.458 e. The fourth-order valence-corrected chi connectivity index (χ4v) is 1.45. The number of nitrogens with zero attached hydrogens (tertiary/aromatic N) is 3. The van der Waals surface area contributed by atoms with Crippen LogP contribution in [0.5, 0.6) is 0 Å². The van der Waals surface area contributed by atoms with E-state index in [1.807, 2.05) is 0 Å². The van der Waals surface area contributed by atoms with E-state index in [2.05, 4.69) is 15.2 Å². The van der Waals surface area contributed by atoms with Crippen molar-refractivity contribution in [3.05, 3.63) is 29.6 Å². The van der Waals surface area contributed by atoms with Gasteiger partial charge >= 0.3 is 5.97 Å². The standard InChI is InChI=1S/C15H21F2N3O2/c1-14(2,3)20-19-11(13(21)22-15(4,5)6)9-7-8-10(16)18-12(9)17/h7-8,11H,1-6H3. The second kappa shape index (κ2) is 6.46. The molecule has 1 aromatic rings. The fourth-order valence-electron chi connectivity index (χ4n) is 1.45. The molecule has 1 atom stereocenters. The molecule has 0 aromatic carbocycles. The van der Waals surface area contributed by atoms with Gasteiger partial charge in [0.15, 0.2) is 6.04 Å². The lowest BCUT2D eigenvalue weighted by Gasteiger charge is -2.22. The third-order valence-electron chi connectivity index (χ3n) is 2.24. The molecule has 122 valence electrons. The van der Waals surface area contributed by atoms with E-state index in [-0.39, 0.29) is 5.56 Å². The first-order valence-electron chi connectivity index (χ1n) is 6.86. The Morgan fingerprint density at radius 1 is 1.18 bits per heavy atom. The predicted molar refractivity (Wildman–Crippen MR) is 77.3 cm³/mol. The van der Waals surface area contributed by atoms with Crippen LogP contribution in [-0.4, -0.2) is 22.1 Å². The summed E-state index contributed by atoms with van der Waals surface area (Å²) in [6.07, 6.45) is 0. The molecule has 1 rings (SSSR count). The Morgan fingerprint density at radius 2 is 1.77 bits per heavy atom. The van der Waals surface area contributed by atoms with Crippen molar-refractivity contribution in [3.63, 3.8) is 0 Å². The van der Waals surface area contributed by atoms with Crippen molar-refractivity contribution in [3.8, 4) is 0 Å². The zero-order chi connectivity index (χ0) is 17.1. The van der Waals surface area contributed by atoms with Gasteiger partial charge in [-0.15, -0.1) is 0 Å². The summed E-state index contributed by atoms with van der Waals surface area (Å²) in [7, 11) is 0. The monoisotopic (exact) mass is 313 g/mol. The molecule has 7 heteroatoms. The number of hydrogen-bond donors (Lipinski definition) is 0. The quantitative estimate of drug-likeness (QED) is 0.481. The van der Waals surface area contributed by atoms with E-state index in [0.717, 1.165) is 12.1 Å². The highest BCUT2D eigenvalue weighted by atomic mass is 19.1. The van der Waals surface area contributed by atoms with E-state index >= 15 is 0 Å². The van der Waals surface area contributed by atoms with Crippen molar-refractivity contribution in [2.75, 3.05) is 0 Å². The molecule has 1 aromatic heterocycles. The second-order valence-electron chi connectivity index (χ2n) is 6.84. The van der Waals surface area contributed by atoms with E-state index in [1.165, 1.54) is 0 Å². The molecule has 0 bridgehead atoms. The van der Waals surface area contributed by atoms with Crippen LogP contribution in [-0.2, 0) is 9.53 Å². The van der Waals surface area contributed by atoms with Gasteiger partial charge in [-0.3, -0.25) is 0 Å². The van der Waals surface area contributed by atoms with Crippen LogP contribution < -0.4 is 0 Å². The molecular weight excluding hydrogens is 292 g/mol. The Kier molecular flexibility index (Phi) is 5.32. The van der Waals surface area contributed by atoms with Crippen molar-refractivity contribution in [2.45, 2.75) is 58.7 Å². The molecule has 0 aliphatic rings. The molecule has 0 aliphatic carbocycles. The maximum atomic E-state index is 13.9. The third-order valence-corrected chi connectivity index (χ3v) is 2.24. The van der Waals surface area contributed by atoms with Gasteiger partial charge in [-0.2, -0.15) is 24.0 Å². The molecule has 0 saturated carbocycles. The number of esters is 1. The van der Waals surface area contributed by atoms with E-state index < -0.39 is 35.0 Å². The number of halogens is 2. The number of pyridine rings is 1. The van der Waals surface area contributed by atoms with Crippen LogP contribution in [0.1, 0.15) is 53.1 Å². The zero-order valence-electron chi connectivity index (χ0n) is 13.6. The van der Waals surface area contributed by atoms with Crippen LogP contribution in [0.3, 0.4) is 0 Å².